The number of anilines is 2. The molecule has 0 radical (unpaired) electrons. The molecule has 3 heterocycles. The van der Waals surface area contributed by atoms with Crippen molar-refractivity contribution >= 4 is 39.3 Å². The van der Waals surface area contributed by atoms with E-state index in [0.29, 0.717) is 39.7 Å². The lowest BCUT2D eigenvalue weighted by atomic mass is 9.85. The minimum absolute atomic E-state index is 0.0480. The van der Waals surface area contributed by atoms with Crippen LogP contribution in [-0.2, 0) is 10.3 Å². The number of nitrogens with two attached hydrogens (primary N) is 1. The summed E-state index contributed by atoms with van der Waals surface area (Å²) in [5.41, 5.74) is 6.41. The Kier molecular flexibility index (Phi) is 4.99. The predicted molar refractivity (Wildman–Crippen MR) is 123 cm³/mol. The molecule has 5 rings (SSSR count). The van der Waals surface area contributed by atoms with Gasteiger partial charge in [0.2, 0.25) is 0 Å². The molecule has 1 saturated carbocycles. The summed E-state index contributed by atoms with van der Waals surface area (Å²) in [6.07, 6.45) is 3.73. The molecule has 0 saturated heterocycles. The lowest BCUT2D eigenvalue weighted by Crippen LogP contribution is -2.37. The molecular formula is C23H20F2N6OS. The van der Waals surface area contributed by atoms with Gasteiger partial charge in [0.25, 0.3) is 0 Å². The summed E-state index contributed by atoms with van der Waals surface area (Å²) in [4.78, 5) is 13.2. The molecule has 3 N–H and O–H groups in total. The van der Waals surface area contributed by atoms with Crippen LogP contribution in [-0.4, -0.2) is 33.6 Å². The SMILES string of the molecule is COC[C@]12C[C@H]1[C@@](C)(c1cc(Nc3nccc4cc(C#N)cnc34)cc(F)c1F)N=C(N)S2. The summed E-state index contributed by atoms with van der Waals surface area (Å²) in [6, 6.07) is 8.08. The van der Waals surface area contributed by atoms with E-state index in [0.717, 1.165) is 12.5 Å². The average molecular weight is 467 g/mol. The Balaban J connectivity index is 1.57. The van der Waals surface area contributed by atoms with E-state index in [1.54, 1.807) is 38.4 Å². The second kappa shape index (κ2) is 7.64. The van der Waals surface area contributed by atoms with E-state index in [-0.39, 0.29) is 16.2 Å². The van der Waals surface area contributed by atoms with Crippen LogP contribution in [0.1, 0.15) is 24.5 Å². The van der Waals surface area contributed by atoms with E-state index >= 15 is 4.39 Å². The number of aromatic nitrogens is 2. The number of hydrogen-bond acceptors (Lipinski definition) is 8. The molecule has 0 unspecified atom stereocenters. The van der Waals surface area contributed by atoms with Gasteiger partial charge in [0.15, 0.2) is 22.6 Å². The van der Waals surface area contributed by atoms with Crippen molar-refractivity contribution in [2.24, 2.45) is 16.6 Å². The van der Waals surface area contributed by atoms with Gasteiger partial charge < -0.3 is 15.8 Å². The zero-order valence-electron chi connectivity index (χ0n) is 17.9. The number of rotatable bonds is 5. The lowest BCUT2D eigenvalue weighted by molar-refractivity contribution is 0.184. The number of methoxy groups -OCH3 is 1. The molecule has 0 spiro atoms. The molecule has 3 atom stereocenters. The van der Waals surface area contributed by atoms with Gasteiger partial charge in [-0.25, -0.2) is 13.8 Å². The summed E-state index contributed by atoms with van der Waals surface area (Å²) >= 11 is 1.44. The van der Waals surface area contributed by atoms with E-state index in [1.165, 1.54) is 18.0 Å². The highest BCUT2D eigenvalue weighted by molar-refractivity contribution is 8.15. The molecule has 1 aliphatic heterocycles. The van der Waals surface area contributed by atoms with Crippen molar-refractivity contribution < 1.29 is 13.5 Å². The number of halogens is 2. The summed E-state index contributed by atoms with van der Waals surface area (Å²) in [6.45, 7) is 2.23. The predicted octanol–water partition coefficient (Wildman–Crippen LogP) is 4.21. The van der Waals surface area contributed by atoms with E-state index in [9.17, 15) is 4.39 Å². The van der Waals surface area contributed by atoms with Crippen LogP contribution < -0.4 is 11.1 Å². The van der Waals surface area contributed by atoms with Crippen molar-refractivity contribution in [2.45, 2.75) is 23.6 Å². The number of benzene rings is 1. The topological polar surface area (TPSA) is 109 Å². The second-order valence-electron chi connectivity index (χ2n) is 8.47. The highest BCUT2D eigenvalue weighted by Gasteiger charge is 2.66. The fourth-order valence-corrected chi connectivity index (χ4v) is 6.16. The maximum atomic E-state index is 15.1. The van der Waals surface area contributed by atoms with Gasteiger partial charge in [-0.3, -0.25) is 9.98 Å². The van der Waals surface area contributed by atoms with Gasteiger partial charge in [0.1, 0.15) is 11.6 Å². The highest BCUT2D eigenvalue weighted by Crippen LogP contribution is 2.66. The Morgan fingerprint density at radius 3 is 2.91 bits per heavy atom. The lowest BCUT2D eigenvalue weighted by Gasteiger charge is -2.34. The van der Waals surface area contributed by atoms with Crippen LogP contribution in [0.25, 0.3) is 10.9 Å². The van der Waals surface area contributed by atoms with Gasteiger partial charge in [-0.05, 0) is 31.5 Å². The zero-order chi connectivity index (χ0) is 23.4. The van der Waals surface area contributed by atoms with Crippen molar-refractivity contribution in [2.75, 3.05) is 19.0 Å². The number of thioether (sulfide) groups is 1. The molecule has 7 nitrogen and oxygen atoms in total. The first-order chi connectivity index (χ1) is 15.8. The van der Waals surface area contributed by atoms with Crippen LogP contribution in [0, 0.1) is 28.9 Å². The molecule has 3 aromatic rings. The Morgan fingerprint density at radius 2 is 2.15 bits per heavy atom. The van der Waals surface area contributed by atoms with E-state index in [2.05, 4.69) is 20.3 Å². The number of nitrogens with zero attached hydrogens (tertiary/aromatic N) is 4. The van der Waals surface area contributed by atoms with Crippen LogP contribution in [0.3, 0.4) is 0 Å². The quantitative estimate of drug-likeness (QED) is 0.580. The average Bonchev–Trinajstić information content (AvgIpc) is 3.50. The van der Waals surface area contributed by atoms with Gasteiger partial charge >= 0.3 is 0 Å². The highest BCUT2D eigenvalue weighted by atomic mass is 32.2. The van der Waals surface area contributed by atoms with Crippen molar-refractivity contribution in [1.29, 1.82) is 5.26 Å². The van der Waals surface area contributed by atoms with E-state index < -0.39 is 17.2 Å². The zero-order valence-corrected chi connectivity index (χ0v) is 18.7. The maximum absolute atomic E-state index is 15.1. The number of nitriles is 1. The second-order valence-corrected chi connectivity index (χ2v) is 9.90. The number of hydrogen-bond donors (Lipinski definition) is 2. The molecule has 1 aromatic carbocycles. The van der Waals surface area contributed by atoms with E-state index in [1.807, 2.05) is 6.07 Å². The first kappa shape index (κ1) is 21.6. The molecule has 1 aliphatic carbocycles. The van der Waals surface area contributed by atoms with Gasteiger partial charge in [-0.15, -0.1) is 0 Å². The third-order valence-corrected chi connectivity index (χ3v) is 7.58. The Morgan fingerprint density at radius 1 is 1.33 bits per heavy atom. The number of fused-ring (bicyclic) bond motifs is 2. The van der Waals surface area contributed by atoms with Crippen LogP contribution >= 0.6 is 11.8 Å². The number of aliphatic imine (C=N–C) groups is 1. The minimum Gasteiger partial charge on any atom is -0.383 e. The fraction of sp³-hybridized carbons (Fsp3) is 0.304. The monoisotopic (exact) mass is 466 g/mol. The van der Waals surface area contributed by atoms with Gasteiger partial charge in [-0.1, -0.05) is 11.8 Å². The molecule has 33 heavy (non-hydrogen) atoms. The molecule has 2 aromatic heterocycles. The minimum atomic E-state index is -1.04. The largest absolute Gasteiger partial charge is 0.383 e. The van der Waals surface area contributed by atoms with Crippen molar-refractivity contribution in [3.63, 3.8) is 0 Å². The normalized spacial score (nSPS) is 25.8. The molecule has 0 amide bonds. The fourth-order valence-electron chi connectivity index (χ4n) is 4.71. The molecule has 1 fully saturated rings. The molecule has 0 bridgehead atoms. The van der Waals surface area contributed by atoms with Crippen LogP contribution in [0.15, 0.2) is 41.7 Å². The summed E-state index contributed by atoms with van der Waals surface area (Å²) in [5, 5.41) is 13.2. The van der Waals surface area contributed by atoms with Crippen LogP contribution in [0.4, 0.5) is 20.3 Å². The summed E-state index contributed by atoms with van der Waals surface area (Å²) in [5.74, 6) is -1.64. The van der Waals surface area contributed by atoms with E-state index in [4.69, 9.17) is 15.7 Å². The number of nitrogens with one attached hydrogen (secondary N) is 1. The number of ether oxygens (including phenoxy) is 1. The summed E-state index contributed by atoms with van der Waals surface area (Å²) in [7, 11) is 1.61. The van der Waals surface area contributed by atoms with Crippen molar-refractivity contribution in [3.8, 4) is 6.07 Å². The Labute approximate surface area is 193 Å². The van der Waals surface area contributed by atoms with Crippen LogP contribution in [0.5, 0.6) is 0 Å². The van der Waals surface area contributed by atoms with Crippen LogP contribution in [0.2, 0.25) is 0 Å². The van der Waals surface area contributed by atoms with Crippen molar-refractivity contribution in [1.82, 2.24) is 9.97 Å². The summed E-state index contributed by atoms with van der Waals surface area (Å²) < 4.78 is 35.0. The van der Waals surface area contributed by atoms with Gasteiger partial charge in [0, 0.05) is 48.1 Å². The molecule has 168 valence electrons. The first-order valence-electron chi connectivity index (χ1n) is 10.2. The Hall–Kier alpha value is -3.29. The smallest absolute Gasteiger partial charge is 0.164 e. The van der Waals surface area contributed by atoms with Crippen molar-refractivity contribution in [3.05, 3.63) is 59.4 Å². The number of amidine groups is 1. The van der Waals surface area contributed by atoms with Gasteiger partial charge in [0.05, 0.1) is 22.5 Å². The molecular weight excluding hydrogens is 446 g/mol. The third-order valence-electron chi connectivity index (χ3n) is 6.31. The van der Waals surface area contributed by atoms with Gasteiger partial charge in [-0.2, -0.15) is 5.26 Å². The number of pyridine rings is 2. The first-order valence-corrected chi connectivity index (χ1v) is 11.1. The maximum Gasteiger partial charge on any atom is 0.164 e. The molecule has 2 aliphatic rings. The third kappa shape index (κ3) is 3.48. The Bertz CT molecular complexity index is 1360. The standard InChI is InChI=1S/C23H20F2N6OS/c1-22(17-8-23(17,11-32-2)33-21(27)31-22)15-6-14(7-16(24)18(15)25)30-20-19-13(3-4-28-20)5-12(9-26)10-29-19/h3-7,10,17H,8,11H2,1-2H3,(H2,27,31)(H,28,30)/t17-,22+,23+/m0/s1. The molecule has 10 heteroatoms.